The maximum Gasteiger partial charge on any atom is 0.0791 e. The van der Waals surface area contributed by atoms with Gasteiger partial charge in [0.2, 0.25) is 0 Å². The first-order valence-electron chi connectivity index (χ1n) is 6.54. The second kappa shape index (κ2) is 18.4. The van der Waals surface area contributed by atoms with Gasteiger partial charge in [0.1, 0.15) is 0 Å². The molecule has 6 nitrogen and oxygen atoms in total. The van der Waals surface area contributed by atoms with Crippen LogP contribution in [0.1, 0.15) is 0 Å². The van der Waals surface area contributed by atoms with Crippen molar-refractivity contribution in [2.45, 2.75) is 0 Å². The summed E-state index contributed by atoms with van der Waals surface area (Å²) in [5, 5.41) is 7.72. The van der Waals surface area contributed by atoms with Crippen LogP contribution < -0.4 is 0 Å². The van der Waals surface area contributed by atoms with Crippen molar-refractivity contribution < 1.29 is 0 Å². The van der Waals surface area contributed by atoms with Crippen molar-refractivity contribution >= 4 is 57.5 Å². The molecule has 5 rings (SSSR count). The predicted octanol–water partition coefficient (Wildman–Crippen LogP) is 5.11. The van der Waals surface area contributed by atoms with E-state index in [1.54, 1.807) is 70.9 Å². The number of hydrogen-bond donors (Lipinski definition) is 0. The van der Waals surface area contributed by atoms with E-state index in [4.69, 9.17) is 0 Å². The van der Waals surface area contributed by atoms with Crippen molar-refractivity contribution in [1.29, 1.82) is 0 Å². The van der Waals surface area contributed by atoms with Crippen molar-refractivity contribution in [3.05, 3.63) is 81.9 Å². The first kappa shape index (κ1) is 21.1. The lowest BCUT2D eigenvalue weighted by Crippen LogP contribution is -1.38. The lowest BCUT2D eigenvalue weighted by molar-refractivity contribution is 1.43. The summed E-state index contributed by atoms with van der Waals surface area (Å²) in [6.45, 7) is 0. The van der Waals surface area contributed by atoms with Crippen molar-refractivity contribution in [2.75, 3.05) is 0 Å². The number of thiazole rings is 2. The summed E-state index contributed by atoms with van der Waals surface area (Å²) in [6, 6.07) is 3.81. The van der Waals surface area contributed by atoms with Gasteiger partial charge in [-0.3, -0.25) is 9.97 Å². The van der Waals surface area contributed by atoms with E-state index in [1.165, 1.54) is 34.8 Å². The van der Waals surface area contributed by atoms with Gasteiger partial charge in [0, 0.05) is 46.3 Å². The lowest BCUT2D eigenvalue weighted by Gasteiger charge is -1.41. The highest BCUT2D eigenvalue weighted by molar-refractivity contribution is 7.07. The molecule has 0 aromatic carbocycles. The monoisotopic (exact) mass is 426 g/mol. The standard InChI is InChI=1S/4C3H3NS.C2H2N2S/c2*1-2-5-3-4-1;3*1-2-4-5-3-1/h4*1-3H;1-2H. The molecule has 5 aromatic heterocycles. The Morgan fingerprint density at radius 1 is 0.480 bits per heavy atom. The van der Waals surface area contributed by atoms with Gasteiger partial charge in [0.25, 0.3) is 0 Å². The normalized spacial score (nSPS) is 8.00. The number of aromatic nitrogens is 6. The van der Waals surface area contributed by atoms with Crippen LogP contribution in [0.25, 0.3) is 0 Å². The molecule has 0 fully saturated rings. The number of rotatable bonds is 0. The Balaban J connectivity index is 0.000000156. The molecular formula is C14H14N6S5. The minimum Gasteiger partial charge on any atom is -0.253 e. The van der Waals surface area contributed by atoms with E-state index in [2.05, 4.69) is 27.5 Å². The van der Waals surface area contributed by atoms with Crippen molar-refractivity contribution in [2.24, 2.45) is 0 Å². The van der Waals surface area contributed by atoms with Crippen LogP contribution in [0.4, 0.5) is 0 Å². The summed E-state index contributed by atoms with van der Waals surface area (Å²) in [6.07, 6.45) is 10.4. The van der Waals surface area contributed by atoms with Gasteiger partial charge in [-0.15, -0.1) is 22.7 Å². The first-order chi connectivity index (χ1) is 12.5. The maximum absolute atomic E-state index is 3.76. The third kappa shape index (κ3) is 16.7. The third-order valence-electron chi connectivity index (χ3n) is 1.67. The minimum absolute atomic E-state index is 1.21. The van der Waals surface area contributed by atoms with E-state index in [0.717, 1.165) is 0 Å². The Labute approximate surface area is 166 Å². The van der Waals surface area contributed by atoms with E-state index in [9.17, 15) is 0 Å². The minimum atomic E-state index is 1.21. The Morgan fingerprint density at radius 2 is 1.00 bits per heavy atom. The number of hydrogen-bond acceptors (Lipinski definition) is 11. The van der Waals surface area contributed by atoms with E-state index in [0.29, 0.717) is 0 Å². The molecule has 0 spiro atoms. The van der Waals surface area contributed by atoms with E-state index < -0.39 is 0 Å². The summed E-state index contributed by atoms with van der Waals surface area (Å²) in [4.78, 5) is 7.48. The van der Waals surface area contributed by atoms with Crippen LogP contribution in [0.5, 0.6) is 0 Å². The summed E-state index contributed by atoms with van der Waals surface area (Å²) >= 11 is 7.34. The Hall–Kier alpha value is -1.92. The lowest BCUT2D eigenvalue weighted by atomic mass is 10.8. The molecule has 0 aliphatic heterocycles. The van der Waals surface area contributed by atoms with Gasteiger partial charge in [-0.05, 0) is 35.2 Å². The van der Waals surface area contributed by atoms with Gasteiger partial charge >= 0.3 is 0 Å². The summed E-state index contributed by atoms with van der Waals surface area (Å²) < 4.78 is 14.8. The molecule has 0 radical (unpaired) electrons. The molecule has 0 amide bonds. The number of nitrogens with zero attached hydrogens (tertiary/aromatic N) is 6. The molecule has 0 N–H and O–H groups in total. The maximum atomic E-state index is 3.76. The van der Waals surface area contributed by atoms with Gasteiger partial charge in [0.15, 0.2) is 0 Å². The largest absolute Gasteiger partial charge is 0.253 e. The molecule has 0 aliphatic carbocycles. The topological polar surface area (TPSA) is 77.3 Å². The Morgan fingerprint density at radius 3 is 1.12 bits per heavy atom. The van der Waals surface area contributed by atoms with Crippen LogP contribution >= 0.6 is 57.5 Å². The zero-order valence-electron chi connectivity index (χ0n) is 12.8. The molecule has 0 aliphatic rings. The molecule has 130 valence electrons. The first-order valence-corrected chi connectivity index (χ1v) is 10.8. The molecule has 0 bridgehead atoms. The van der Waals surface area contributed by atoms with Crippen molar-refractivity contribution in [3.8, 4) is 0 Å². The molecule has 5 heterocycles. The quantitative estimate of drug-likeness (QED) is 0.342. The molecule has 5 aromatic rings. The van der Waals surface area contributed by atoms with E-state index in [-0.39, 0.29) is 0 Å². The van der Waals surface area contributed by atoms with Gasteiger partial charge in [0.05, 0.1) is 35.1 Å². The zero-order valence-corrected chi connectivity index (χ0v) is 16.9. The van der Waals surface area contributed by atoms with Crippen LogP contribution in [-0.2, 0) is 0 Å². The SMILES string of the molecule is c1cnsc1.c1cnsc1.c1cnsn1.c1cscn1.c1cscn1. The highest BCUT2D eigenvalue weighted by Gasteiger charge is 1.62. The van der Waals surface area contributed by atoms with Crippen LogP contribution in [0.15, 0.2) is 81.9 Å². The van der Waals surface area contributed by atoms with Crippen LogP contribution in [0.3, 0.4) is 0 Å². The highest BCUT2D eigenvalue weighted by atomic mass is 32.1. The second-order valence-electron chi connectivity index (χ2n) is 3.32. The molecule has 0 saturated heterocycles. The van der Waals surface area contributed by atoms with Crippen LogP contribution in [0.2, 0.25) is 0 Å². The highest BCUT2D eigenvalue weighted by Crippen LogP contribution is 1.86. The summed E-state index contributed by atoms with van der Waals surface area (Å²) in [7, 11) is 0. The van der Waals surface area contributed by atoms with Gasteiger partial charge in [-0.25, -0.2) is 8.75 Å². The van der Waals surface area contributed by atoms with E-state index in [1.807, 2.05) is 33.7 Å². The fraction of sp³-hybridized carbons (Fsp3) is 0. The molecule has 0 saturated carbocycles. The van der Waals surface area contributed by atoms with Crippen LogP contribution in [-0.4, -0.2) is 27.5 Å². The van der Waals surface area contributed by atoms with Gasteiger partial charge in [-0.1, -0.05) is 0 Å². The Kier molecular flexibility index (Phi) is 15.6. The summed E-state index contributed by atoms with van der Waals surface area (Å²) in [5.74, 6) is 0. The molecule has 11 heteroatoms. The Bertz CT molecular complexity index is 471. The molecular weight excluding hydrogens is 413 g/mol. The fourth-order valence-electron chi connectivity index (χ4n) is 0.839. The average Bonchev–Trinajstić information content (AvgIpc) is 3.55. The van der Waals surface area contributed by atoms with Crippen molar-refractivity contribution in [3.63, 3.8) is 0 Å². The fourth-order valence-corrected chi connectivity index (χ4v) is 2.52. The average molecular weight is 427 g/mol. The molecule has 0 unspecified atom stereocenters. The zero-order chi connectivity index (χ0) is 17.7. The molecule has 0 atom stereocenters. The smallest absolute Gasteiger partial charge is 0.0791 e. The van der Waals surface area contributed by atoms with Crippen molar-refractivity contribution in [1.82, 2.24) is 27.5 Å². The van der Waals surface area contributed by atoms with Gasteiger partial charge < -0.3 is 0 Å². The predicted molar refractivity (Wildman–Crippen MR) is 108 cm³/mol. The second-order valence-corrected chi connectivity index (χ2v) is 6.80. The van der Waals surface area contributed by atoms with E-state index >= 15 is 0 Å². The summed E-state index contributed by atoms with van der Waals surface area (Å²) in [5.41, 5.74) is 3.58. The van der Waals surface area contributed by atoms with Gasteiger partial charge in [-0.2, -0.15) is 8.75 Å². The third-order valence-corrected chi connectivity index (χ3v) is 4.19. The molecule has 25 heavy (non-hydrogen) atoms. The van der Waals surface area contributed by atoms with Crippen LogP contribution in [0, 0.1) is 0 Å².